The van der Waals surface area contributed by atoms with Crippen molar-refractivity contribution >= 4 is 28.5 Å². The van der Waals surface area contributed by atoms with E-state index in [0.717, 1.165) is 16.3 Å². The van der Waals surface area contributed by atoms with Gasteiger partial charge in [0.25, 0.3) is 5.91 Å². The molecule has 3 rings (SSSR count). The van der Waals surface area contributed by atoms with Gasteiger partial charge in [0.15, 0.2) is 0 Å². The van der Waals surface area contributed by atoms with Crippen molar-refractivity contribution in [3.8, 4) is 0 Å². The van der Waals surface area contributed by atoms with Crippen molar-refractivity contribution in [2.24, 2.45) is 5.73 Å². The molecule has 2 aromatic rings. The number of nitrogens with one attached hydrogen (secondary N) is 2. The SMILES string of the molecule is CC(C)(O)C(=O)N1CCCC1C(=O)NC(Cc1ccc2ccccc2c1)C(=O)NCCCN. The van der Waals surface area contributed by atoms with Gasteiger partial charge in [0.05, 0.1) is 0 Å². The maximum atomic E-state index is 13.1. The van der Waals surface area contributed by atoms with Crippen LogP contribution in [0.3, 0.4) is 0 Å². The predicted octanol–water partition coefficient (Wildman–Crippen LogP) is 1.09. The van der Waals surface area contributed by atoms with E-state index < -0.39 is 23.6 Å². The molecule has 0 radical (unpaired) electrons. The van der Waals surface area contributed by atoms with Crippen LogP contribution in [0, 0.1) is 0 Å². The Balaban J connectivity index is 1.77. The number of aliphatic hydroxyl groups is 1. The number of hydrogen-bond acceptors (Lipinski definition) is 5. The van der Waals surface area contributed by atoms with Gasteiger partial charge in [0, 0.05) is 19.5 Å². The van der Waals surface area contributed by atoms with Gasteiger partial charge in [-0.1, -0.05) is 42.5 Å². The molecule has 1 aliphatic heterocycles. The second-order valence-corrected chi connectivity index (χ2v) is 9.10. The van der Waals surface area contributed by atoms with Crippen LogP contribution in [0.1, 0.15) is 38.7 Å². The molecule has 2 aromatic carbocycles. The fraction of sp³-hybridized carbons (Fsp3) is 0.480. The zero-order valence-corrected chi connectivity index (χ0v) is 19.3. The van der Waals surface area contributed by atoms with Gasteiger partial charge in [-0.2, -0.15) is 0 Å². The fourth-order valence-corrected chi connectivity index (χ4v) is 4.15. The van der Waals surface area contributed by atoms with E-state index in [0.29, 0.717) is 45.3 Å². The van der Waals surface area contributed by atoms with E-state index in [-0.39, 0.29) is 11.8 Å². The standard InChI is InChI=1S/C25H34N4O4/c1-25(2,33)24(32)29-14-5-9-21(29)23(31)28-20(22(30)27-13-6-12-26)16-17-10-11-18-7-3-4-8-19(18)15-17/h3-4,7-8,10-11,15,20-21,33H,5-6,9,12-14,16,26H2,1-2H3,(H,27,30)(H,28,31). The van der Waals surface area contributed by atoms with E-state index in [1.165, 1.54) is 18.7 Å². The minimum absolute atomic E-state index is 0.289. The van der Waals surface area contributed by atoms with Gasteiger partial charge in [-0.05, 0) is 56.0 Å². The molecule has 0 spiro atoms. The van der Waals surface area contributed by atoms with E-state index in [1.807, 2.05) is 42.5 Å². The third kappa shape index (κ3) is 6.30. The number of carbonyl (C=O) groups excluding carboxylic acids is 3. The van der Waals surface area contributed by atoms with Crippen molar-refractivity contribution in [3.05, 3.63) is 48.0 Å². The van der Waals surface area contributed by atoms with Crippen LogP contribution in [-0.4, -0.2) is 65.0 Å². The van der Waals surface area contributed by atoms with Crippen LogP contribution in [0.2, 0.25) is 0 Å². The lowest BCUT2D eigenvalue weighted by molar-refractivity contribution is -0.151. The van der Waals surface area contributed by atoms with Crippen molar-refractivity contribution in [1.82, 2.24) is 15.5 Å². The highest BCUT2D eigenvalue weighted by molar-refractivity contribution is 5.94. The second-order valence-electron chi connectivity index (χ2n) is 9.10. The van der Waals surface area contributed by atoms with Crippen LogP contribution in [0.4, 0.5) is 0 Å². The summed E-state index contributed by atoms with van der Waals surface area (Å²) in [6.45, 7) is 4.11. The number of fused-ring (bicyclic) bond motifs is 1. The number of likely N-dealkylation sites (tertiary alicyclic amines) is 1. The number of carbonyl (C=O) groups is 3. The van der Waals surface area contributed by atoms with Crippen LogP contribution in [0.5, 0.6) is 0 Å². The molecule has 1 aliphatic rings. The van der Waals surface area contributed by atoms with Gasteiger partial charge in [-0.3, -0.25) is 14.4 Å². The minimum atomic E-state index is -1.56. The van der Waals surface area contributed by atoms with Crippen LogP contribution >= 0.6 is 0 Å². The summed E-state index contributed by atoms with van der Waals surface area (Å²) < 4.78 is 0. The smallest absolute Gasteiger partial charge is 0.254 e. The summed E-state index contributed by atoms with van der Waals surface area (Å²) in [5.74, 6) is -1.16. The summed E-state index contributed by atoms with van der Waals surface area (Å²) in [4.78, 5) is 40.1. The van der Waals surface area contributed by atoms with Crippen molar-refractivity contribution < 1.29 is 19.5 Å². The lowest BCUT2D eigenvalue weighted by atomic mass is 10.0. The molecule has 0 aliphatic carbocycles. The molecule has 1 fully saturated rings. The van der Waals surface area contributed by atoms with Gasteiger partial charge < -0.3 is 26.4 Å². The summed E-state index contributed by atoms with van der Waals surface area (Å²) in [7, 11) is 0. The maximum Gasteiger partial charge on any atom is 0.254 e. The van der Waals surface area contributed by atoms with E-state index >= 15 is 0 Å². The normalized spacial score (nSPS) is 17.1. The van der Waals surface area contributed by atoms with E-state index in [2.05, 4.69) is 10.6 Å². The first-order chi connectivity index (χ1) is 15.7. The first-order valence-corrected chi connectivity index (χ1v) is 11.5. The lowest BCUT2D eigenvalue weighted by Crippen LogP contribution is -2.56. The Kier molecular flexibility index (Phi) is 8.05. The molecule has 178 valence electrons. The van der Waals surface area contributed by atoms with Gasteiger partial charge in [0.1, 0.15) is 17.7 Å². The molecule has 8 heteroatoms. The molecule has 33 heavy (non-hydrogen) atoms. The monoisotopic (exact) mass is 454 g/mol. The number of nitrogens with two attached hydrogens (primary N) is 1. The molecule has 0 aromatic heterocycles. The molecule has 0 saturated carbocycles. The van der Waals surface area contributed by atoms with Crippen molar-refractivity contribution in [2.75, 3.05) is 19.6 Å². The summed E-state index contributed by atoms with van der Waals surface area (Å²) in [6, 6.07) is 12.4. The number of amides is 3. The Bertz CT molecular complexity index is 1000. The summed E-state index contributed by atoms with van der Waals surface area (Å²) in [5.41, 5.74) is 4.89. The van der Waals surface area contributed by atoms with Crippen LogP contribution < -0.4 is 16.4 Å². The first kappa shape index (κ1) is 24.7. The zero-order valence-electron chi connectivity index (χ0n) is 19.3. The number of rotatable bonds is 9. The van der Waals surface area contributed by atoms with Gasteiger partial charge >= 0.3 is 0 Å². The van der Waals surface area contributed by atoms with Gasteiger partial charge in [-0.15, -0.1) is 0 Å². The van der Waals surface area contributed by atoms with Gasteiger partial charge in [-0.25, -0.2) is 0 Å². The average molecular weight is 455 g/mol. The molecular weight excluding hydrogens is 420 g/mol. The molecule has 8 nitrogen and oxygen atoms in total. The largest absolute Gasteiger partial charge is 0.381 e. The molecule has 0 bridgehead atoms. The summed E-state index contributed by atoms with van der Waals surface area (Å²) >= 11 is 0. The highest BCUT2D eigenvalue weighted by atomic mass is 16.3. The first-order valence-electron chi connectivity index (χ1n) is 11.5. The minimum Gasteiger partial charge on any atom is -0.381 e. The zero-order chi connectivity index (χ0) is 24.0. The summed E-state index contributed by atoms with van der Waals surface area (Å²) in [5, 5.41) is 18.0. The van der Waals surface area contributed by atoms with E-state index in [4.69, 9.17) is 5.73 Å². The Labute approximate surface area is 194 Å². The highest BCUT2D eigenvalue weighted by Crippen LogP contribution is 2.22. The lowest BCUT2D eigenvalue weighted by Gasteiger charge is -2.30. The van der Waals surface area contributed by atoms with Crippen molar-refractivity contribution in [2.45, 2.75) is 57.2 Å². The maximum absolute atomic E-state index is 13.1. The molecule has 1 heterocycles. The molecule has 2 unspecified atom stereocenters. The van der Waals surface area contributed by atoms with Crippen LogP contribution in [0.15, 0.2) is 42.5 Å². The Morgan fingerprint density at radius 3 is 2.61 bits per heavy atom. The highest BCUT2D eigenvalue weighted by Gasteiger charge is 2.40. The summed E-state index contributed by atoms with van der Waals surface area (Å²) in [6.07, 6.45) is 2.11. The quantitative estimate of drug-likeness (QED) is 0.422. The number of hydrogen-bond donors (Lipinski definition) is 4. The fourth-order valence-electron chi connectivity index (χ4n) is 4.15. The van der Waals surface area contributed by atoms with Crippen molar-refractivity contribution in [3.63, 3.8) is 0 Å². The molecule has 2 atom stereocenters. The predicted molar refractivity (Wildman–Crippen MR) is 127 cm³/mol. The van der Waals surface area contributed by atoms with Gasteiger partial charge in [0.2, 0.25) is 11.8 Å². The molecule has 1 saturated heterocycles. The molecule has 5 N–H and O–H groups in total. The average Bonchev–Trinajstić information content (AvgIpc) is 3.27. The second kappa shape index (κ2) is 10.8. The van der Waals surface area contributed by atoms with E-state index in [1.54, 1.807) is 0 Å². The Morgan fingerprint density at radius 1 is 1.18 bits per heavy atom. The third-order valence-corrected chi connectivity index (χ3v) is 5.91. The van der Waals surface area contributed by atoms with Crippen LogP contribution in [0.25, 0.3) is 10.8 Å². The number of benzene rings is 2. The van der Waals surface area contributed by atoms with Crippen molar-refractivity contribution in [1.29, 1.82) is 0 Å². The van der Waals surface area contributed by atoms with E-state index in [9.17, 15) is 19.5 Å². The molecular formula is C25H34N4O4. The third-order valence-electron chi connectivity index (χ3n) is 5.91. The Morgan fingerprint density at radius 2 is 1.91 bits per heavy atom. The Hall–Kier alpha value is -2.97. The molecule has 3 amide bonds. The number of nitrogens with zero attached hydrogens (tertiary/aromatic N) is 1. The topological polar surface area (TPSA) is 125 Å². The van der Waals surface area contributed by atoms with Crippen LogP contribution in [-0.2, 0) is 20.8 Å².